The largest absolute Gasteiger partial charge is 0.450 e. The van der Waals surface area contributed by atoms with Crippen molar-refractivity contribution in [2.24, 2.45) is 11.8 Å². The predicted molar refractivity (Wildman–Crippen MR) is 112 cm³/mol. The molecule has 26 heavy (non-hydrogen) atoms. The molecule has 144 valence electrons. The number of β-lactam (4-membered cyclic amide) rings is 1. The number of benzene rings is 1. The van der Waals surface area contributed by atoms with E-state index >= 15 is 0 Å². The third-order valence-electron chi connectivity index (χ3n) is 5.66. The number of thiocarbonyl (C=S) groups is 1. The molecule has 1 aliphatic rings. The van der Waals surface area contributed by atoms with E-state index in [1.807, 2.05) is 44.2 Å². The standard InChI is InChI=1S/C20H31NO3SSi/c1-13(19(25)23-15-11-9-8-10-12-15)17-16(18(22)21-17)14(2)24-26(6,7)20(3,4)5/h8-14,16-17H,1-7H3,(H,21,22)/t13-,14-,16-,17-/m1/s1. The first kappa shape index (κ1) is 21.1. The fraction of sp³-hybridized carbons (Fsp3) is 0.600. The lowest BCUT2D eigenvalue weighted by Crippen LogP contribution is -2.66. The van der Waals surface area contributed by atoms with Gasteiger partial charge >= 0.3 is 0 Å². The Morgan fingerprint density at radius 3 is 2.27 bits per heavy atom. The molecule has 1 aromatic rings. The van der Waals surface area contributed by atoms with Gasteiger partial charge in [0.1, 0.15) is 5.75 Å². The van der Waals surface area contributed by atoms with Gasteiger partial charge in [-0.1, -0.05) is 45.9 Å². The molecule has 0 aliphatic carbocycles. The molecule has 0 unspecified atom stereocenters. The van der Waals surface area contributed by atoms with E-state index in [9.17, 15) is 4.79 Å². The second-order valence-electron chi connectivity index (χ2n) is 8.67. The molecule has 0 aromatic heterocycles. The van der Waals surface area contributed by atoms with Crippen LogP contribution in [-0.4, -0.2) is 31.4 Å². The van der Waals surface area contributed by atoms with Crippen molar-refractivity contribution >= 4 is 31.5 Å². The van der Waals surface area contributed by atoms with E-state index < -0.39 is 8.32 Å². The van der Waals surface area contributed by atoms with E-state index in [0.717, 1.165) is 5.75 Å². The van der Waals surface area contributed by atoms with Gasteiger partial charge in [-0.15, -0.1) is 0 Å². The summed E-state index contributed by atoms with van der Waals surface area (Å²) in [4.78, 5) is 12.2. The highest BCUT2D eigenvalue weighted by molar-refractivity contribution is 7.80. The summed E-state index contributed by atoms with van der Waals surface area (Å²) in [6.45, 7) is 15.0. The van der Waals surface area contributed by atoms with Crippen LogP contribution >= 0.6 is 12.2 Å². The van der Waals surface area contributed by atoms with Crippen LogP contribution in [0.1, 0.15) is 34.6 Å². The Balaban J connectivity index is 2.03. The van der Waals surface area contributed by atoms with Gasteiger partial charge in [0, 0.05) is 5.92 Å². The first-order valence-electron chi connectivity index (χ1n) is 9.19. The Morgan fingerprint density at radius 1 is 1.19 bits per heavy atom. The van der Waals surface area contributed by atoms with Gasteiger partial charge in [-0.05, 0) is 49.4 Å². The van der Waals surface area contributed by atoms with Crippen molar-refractivity contribution in [2.75, 3.05) is 0 Å². The molecule has 0 bridgehead atoms. The highest BCUT2D eigenvalue weighted by atomic mass is 32.1. The Labute approximate surface area is 163 Å². The maximum Gasteiger partial charge on any atom is 0.228 e. The van der Waals surface area contributed by atoms with E-state index in [1.165, 1.54) is 0 Å². The van der Waals surface area contributed by atoms with Crippen molar-refractivity contribution in [2.45, 2.75) is 64.9 Å². The Morgan fingerprint density at radius 2 is 1.77 bits per heavy atom. The maximum absolute atomic E-state index is 12.2. The SMILES string of the molecule is C[C@@H](O[Si](C)(C)C(C)(C)C)[C@H]1C(=O)N[C@@H]1[C@@H](C)C(=S)Oc1ccccc1. The Bertz CT molecular complexity index is 657. The zero-order valence-electron chi connectivity index (χ0n) is 16.8. The summed E-state index contributed by atoms with van der Waals surface area (Å²) in [6, 6.07) is 9.44. The van der Waals surface area contributed by atoms with Crippen LogP contribution in [0, 0.1) is 11.8 Å². The summed E-state index contributed by atoms with van der Waals surface area (Å²) >= 11 is 5.48. The third kappa shape index (κ3) is 4.53. The van der Waals surface area contributed by atoms with E-state index in [1.54, 1.807) is 0 Å². The smallest absolute Gasteiger partial charge is 0.228 e. The van der Waals surface area contributed by atoms with E-state index in [2.05, 4.69) is 39.2 Å². The number of hydrogen-bond donors (Lipinski definition) is 1. The number of para-hydroxylation sites is 1. The van der Waals surface area contributed by atoms with Crippen LogP contribution in [0.3, 0.4) is 0 Å². The molecule has 4 nitrogen and oxygen atoms in total. The number of rotatable bonds is 6. The summed E-state index contributed by atoms with van der Waals surface area (Å²) in [5.74, 6) is 0.488. The zero-order chi connectivity index (χ0) is 19.7. The molecule has 0 saturated carbocycles. The van der Waals surface area contributed by atoms with Crippen LogP contribution in [0.5, 0.6) is 5.75 Å². The first-order valence-corrected chi connectivity index (χ1v) is 12.5. The molecule has 1 fully saturated rings. The number of carbonyl (C=O) groups excluding carboxylic acids is 1. The van der Waals surface area contributed by atoms with Crippen LogP contribution in [-0.2, 0) is 9.22 Å². The van der Waals surface area contributed by atoms with Gasteiger partial charge in [0.25, 0.3) is 0 Å². The molecular formula is C20H31NO3SSi. The van der Waals surface area contributed by atoms with Gasteiger partial charge in [0.05, 0.1) is 18.1 Å². The summed E-state index contributed by atoms with van der Waals surface area (Å²) in [7, 11) is -1.94. The Kier molecular flexibility index (Phi) is 6.31. The molecule has 1 amide bonds. The highest BCUT2D eigenvalue weighted by Gasteiger charge is 2.50. The molecule has 1 aliphatic heterocycles. The van der Waals surface area contributed by atoms with Crippen molar-refractivity contribution in [3.05, 3.63) is 30.3 Å². The minimum absolute atomic E-state index is 0.0376. The highest BCUT2D eigenvalue weighted by Crippen LogP contribution is 2.39. The van der Waals surface area contributed by atoms with Crippen LogP contribution in [0.25, 0.3) is 0 Å². The molecule has 0 spiro atoms. The number of nitrogens with one attached hydrogen (secondary N) is 1. The van der Waals surface area contributed by atoms with Gasteiger partial charge in [0.2, 0.25) is 5.91 Å². The molecule has 4 atom stereocenters. The predicted octanol–water partition coefficient (Wildman–Crippen LogP) is 4.55. The van der Waals surface area contributed by atoms with E-state index in [4.69, 9.17) is 21.4 Å². The van der Waals surface area contributed by atoms with Crippen LogP contribution in [0.15, 0.2) is 30.3 Å². The number of ether oxygens (including phenoxy) is 1. The second kappa shape index (κ2) is 7.78. The minimum atomic E-state index is -1.94. The van der Waals surface area contributed by atoms with E-state index in [-0.39, 0.29) is 34.9 Å². The van der Waals surface area contributed by atoms with Crippen molar-refractivity contribution in [3.63, 3.8) is 0 Å². The molecule has 1 N–H and O–H groups in total. The Hall–Kier alpha value is -1.24. The first-order chi connectivity index (χ1) is 11.9. The normalized spacial score (nSPS) is 22.8. The summed E-state index contributed by atoms with van der Waals surface area (Å²) < 4.78 is 12.2. The van der Waals surface area contributed by atoms with Gasteiger partial charge in [-0.25, -0.2) is 0 Å². The van der Waals surface area contributed by atoms with Crippen LogP contribution < -0.4 is 10.1 Å². The lowest BCUT2D eigenvalue weighted by Gasteiger charge is -2.47. The van der Waals surface area contributed by atoms with Gasteiger partial charge in [-0.2, -0.15) is 0 Å². The number of amides is 1. The van der Waals surface area contributed by atoms with Crippen LogP contribution in [0.4, 0.5) is 0 Å². The lowest BCUT2D eigenvalue weighted by atomic mass is 9.79. The van der Waals surface area contributed by atoms with Gasteiger partial charge < -0.3 is 14.5 Å². The quantitative estimate of drug-likeness (QED) is 0.437. The number of carbonyl (C=O) groups is 1. The molecule has 1 saturated heterocycles. The fourth-order valence-corrected chi connectivity index (χ4v) is 4.59. The third-order valence-corrected chi connectivity index (χ3v) is 10.7. The minimum Gasteiger partial charge on any atom is -0.450 e. The molecular weight excluding hydrogens is 362 g/mol. The topological polar surface area (TPSA) is 47.6 Å². The molecule has 1 heterocycles. The van der Waals surface area contributed by atoms with Crippen LogP contribution in [0.2, 0.25) is 18.1 Å². The van der Waals surface area contributed by atoms with Gasteiger partial charge in [0.15, 0.2) is 13.4 Å². The molecule has 1 aromatic carbocycles. The second-order valence-corrected chi connectivity index (χ2v) is 13.8. The summed E-state index contributed by atoms with van der Waals surface area (Å²) in [6.07, 6.45) is -0.142. The van der Waals surface area contributed by atoms with E-state index in [0.29, 0.717) is 5.05 Å². The summed E-state index contributed by atoms with van der Waals surface area (Å²) in [5.41, 5.74) is 0. The average molecular weight is 394 g/mol. The molecule has 0 radical (unpaired) electrons. The van der Waals surface area contributed by atoms with Crippen molar-refractivity contribution in [3.8, 4) is 5.75 Å². The lowest BCUT2D eigenvalue weighted by molar-refractivity contribution is -0.141. The van der Waals surface area contributed by atoms with Crippen molar-refractivity contribution < 1.29 is 14.0 Å². The van der Waals surface area contributed by atoms with Crippen molar-refractivity contribution in [1.82, 2.24) is 5.32 Å². The fourth-order valence-electron chi connectivity index (χ4n) is 2.92. The van der Waals surface area contributed by atoms with Crippen molar-refractivity contribution in [1.29, 1.82) is 0 Å². The number of hydrogen-bond acceptors (Lipinski definition) is 4. The maximum atomic E-state index is 12.2. The molecule has 6 heteroatoms. The zero-order valence-corrected chi connectivity index (χ0v) is 18.6. The summed E-state index contributed by atoms with van der Waals surface area (Å²) in [5, 5.41) is 3.59. The average Bonchev–Trinajstić information content (AvgIpc) is 2.50. The molecule has 2 rings (SSSR count). The monoisotopic (exact) mass is 393 g/mol. The van der Waals surface area contributed by atoms with Gasteiger partial charge in [-0.3, -0.25) is 4.79 Å².